The van der Waals surface area contributed by atoms with Crippen LogP contribution in [0.5, 0.6) is 0 Å². The van der Waals surface area contributed by atoms with E-state index in [1.54, 1.807) is 6.26 Å². The largest absolute Gasteiger partial charge is 0.468 e. The average Bonchev–Trinajstić information content (AvgIpc) is 3.07. The van der Waals surface area contributed by atoms with Crippen molar-refractivity contribution < 1.29 is 14.0 Å². The Kier molecular flexibility index (Phi) is 4.66. The van der Waals surface area contributed by atoms with Gasteiger partial charge in [-0.3, -0.25) is 14.5 Å². The van der Waals surface area contributed by atoms with Gasteiger partial charge in [0, 0.05) is 18.7 Å². The number of hydrogen-bond donors (Lipinski definition) is 2. The first-order valence-electron chi connectivity index (χ1n) is 7.92. The summed E-state index contributed by atoms with van der Waals surface area (Å²) in [5.74, 6) is 0.0520. The fourth-order valence-corrected chi connectivity index (χ4v) is 2.98. The van der Waals surface area contributed by atoms with E-state index in [-0.39, 0.29) is 24.3 Å². The Morgan fingerprint density at radius 2 is 2.12 bits per heavy atom. The number of likely N-dealkylation sites (N-methyl/N-ethyl adjacent to an activating group) is 1. The monoisotopic (exact) mass is 327 g/mol. The molecule has 0 spiro atoms. The van der Waals surface area contributed by atoms with Crippen LogP contribution >= 0.6 is 0 Å². The number of anilines is 1. The first-order valence-corrected chi connectivity index (χ1v) is 7.92. The molecule has 6 nitrogen and oxygen atoms in total. The van der Waals surface area contributed by atoms with Gasteiger partial charge in [0.1, 0.15) is 5.76 Å². The molecule has 2 unspecified atom stereocenters. The molecular formula is C18H21N3O3. The number of rotatable bonds is 5. The number of amides is 2. The lowest BCUT2D eigenvalue weighted by atomic mass is 9.90. The van der Waals surface area contributed by atoms with Crippen molar-refractivity contribution >= 4 is 17.5 Å². The van der Waals surface area contributed by atoms with E-state index in [0.29, 0.717) is 12.2 Å². The number of nitrogens with one attached hydrogen (secondary N) is 2. The molecule has 1 aromatic heterocycles. The van der Waals surface area contributed by atoms with Crippen molar-refractivity contribution in [3.8, 4) is 0 Å². The van der Waals surface area contributed by atoms with Gasteiger partial charge in [-0.05, 0) is 37.9 Å². The summed E-state index contributed by atoms with van der Waals surface area (Å²) in [5, 5.41) is 5.77. The quantitative estimate of drug-likeness (QED) is 0.882. The van der Waals surface area contributed by atoms with Crippen molar-refractivity contribution in [3.63, 3.8) is 0 Å². The second-order valence-corrected chi connectivity index (χ2v) is 6.13. The van der Waals surface area contributed by atoms with E-state index < -0.39 is 5.92 Å². The van der Waals surface area contributed by atoms with E-state index in [1.165, 1.54) is 0 Å². The minimum atomic E-state index is -0.464. The number of para-hydroxylation sites is 1. The normalized spacial score (nSPS) is 18.0. The second-order valence-electron chi connectivity index (χ2n) is 6.13. The lowest BCUT2D eigenvalue weighted by Gasteiger charge is -2.27. The third-order valence-electron chi connectivity index (χ3n) is 4.28. The van der Waals surface area contributed by atoms with Crippen LogP contribution in [-0.4, -0.2) is 37.4 Å². The Morgan fingerprint density at radius 3 is 2.83 bits per heavy atom. The maximum absolute atomic E-state index is 12.7. The molecule has 1 aromatic carbocycles. The zero-order valence-electron chi connectivity index (χ0n) is 13.8. The molecule has 0 radical (unpaired) electrons. The van der Waals surface area contributed by atoms with Crippen molar-refractivity contribution in [1.29, 1.82) is 0 Å². The first-order chi connectivity index (χ1) is 11.6. The van der Waals surface area contributed by atoms with Crippen LogP contribution in [0.3, 0.4) is 0 Å². The van der Waals surface area contributed by atoms with Crippen LogP contribution in [0.15, 0.2) is 47.1 Å². The molecule has 1 aliphatic rings. The summed E-state index contributed by atoms with van der Waals surface area (Å²) < 4.78 is 5.45. The van der Waals surface area contributed by atoms with E-state index in [4.69, 9.17) is 4.42 Å². The lowest BCUT2D eigenvalue weighted by molar-refractivity contribution is -0.126. The number of hydrogen-bond acceptors (Lipinski definition) is 4. The topological polar surface area (TPSA) is 74.6 Å². The molecule has 2 heterocycles. The molecule has 6 heteroatoms. The van der Waals surface area contributed by atoms with Gasteiger partial charge in [0.2, 0.25) is 11.8 Å². The number of nitrogens with zero attached hydrogens (tertiary/aromatic N) is 1. The second kappa shape index (κ2) is 6.88. The summed E-state index contributed by atoms with van der Waals surface area (Å²) in [6.07, 6.45) is 1.78. The highest BCUT2D eigenvalue weighted by Crippen LogP contribution is 2.32. The summed E-state index contributed by atoms with van der Waals surface area (Å²) in [6, 6.07) is 11.1. The predicted octanol–water partition coefficient (Wildman–Crippen LogP) is 2.12. The van der Waals surface area contributed by atoms with E-state index >= 15 is 0 Å². The van der Waals surface area contributed by atoms with E-state index in [9.17, 15) is 9.59 Å². The smallest absolute Gasteiger partial charge is 0.228 e. The molecule has 2 aromatic rings. The van der Waals surface area contributed by atoms with Crippen LogP contribution in [0.4, 0.5) is 5.69 Å². The summed E-state index contributed by atoms with van der Waals surface area (Å²) in [4.78, 5) is 26.5. The Hall–Kier alpha value is -2.60. The molecule has 0 aliphatic carbocycles. The Labute approximate surface area is 140 Å². The van der Waals surface area contributed by atoms with Crippen molar-refractivity contribution in [3.05, 3.63) is 54.0 Å². The van der Waals surface area contributed by atoms with Crippen LogP contribution in [-0.2, 0) is 9.59 Å². The van der Waals surface area contributed by atoms with Gasteiger partial charge < -0.3 is 15.1 Å². The summed E-state index contributed by atoms with van der Waals surface area (Å²) >= 11 is 0. The minimum absolute atomic E-state index is 0.0587. The van der Waals surface area contributed by atoms with Crippen LogP contribution in [0.25, 0.3) is 0 Å². The molecule has 0 bridgehead atoms. The molecule has 24 heavy (non-hydrogen) atoms. The Balaban J connectivity index is 1.72. The molecule has 2 atom stereocenters. The molecule has 0 saturated heterocycles. The van der Waals surface area contributed by atoms with Gasteiger partial charge in [0.25, 0.3) is 0 Å². The zero-order chi connectivity index (χ0) is 17.1. The van der Waals surface area contributed by atoms with Crippen LogP contribution in [0.1, 0.15) is 29.7 Å². The Morgan fingerprint density at radius 1 is 1.33 bits per heavy atom. The zero-order valence-corrected chi connectivity index (χ0v) is 13.8. The predicted molar refractivity (Wildman–Crippen MR) is 90.6 cm³/mol. The molecule has 126 valence electrons. The van der Waals surface area contributed by atoms with E-state index in [0.717, 1.165) is 11.3 Å². The molecule has 0 fully saturated rings. The van der Waals surface area contributed by atoms with Gasteiger partial charge in [-0.25, -0.2) is 0 Å². The fraction of sp³-hybridized carbons (Fsp3) is 0.333. The minimum Gasteiger partial charge on any atom is -0.468 e. The van der Waals surface area contributed by atoms with Gasteiger partial charge in [-0.15, -0.1) is 0 Å². The van der Waals surface area contributed by atoms with Gasteiger partial charge >= 0.3 is 0 Å². The number of benzene rings is 1. The first kappa shape index (κ1) is 16.3. The fourth-order valence-electron chi connectivity index (χ4n) is 2.98. The number of fused-ring (bicyclic) bond motifs is 1. The highest BCUT2D eigenvalue weighted by Gasteiger charge is 2.31. The number of carbonyl (C=O) groups excluding carboxylic acids is 2. The molecular weight excluding hydrogens is 306 g/mol. The molecule has 2 amide bonds. The SMILES string of the molecule is CN(C)C(CNC(=O)C1CC(=O)Nc2ccccc21)c1ccco1. The van der Waals surface area contributed by atoms with Gasteiger partial charge in [0.15, 0.2) is 0 Å². The summed E-state index contributed by atoms with van der Waals surface area (Å²) in [6.45, 7) is 0.416. The molecule has 2 N–H and O–H groups in total. The van der Waals surface area contributed by atoms with E-state index in [2.05, 4.69) is 10.6 Å². The summed E-state index contributed by atoms with van der Waals surface area (Å²) in [7, 11) is 3.87. The highest BCUT2D eigenvalue weighted by atomic mass is 16.3. The van der Waals surface area contributed by atoms with Crippen molar-refractivity contribution in [2.45, 2.75) is 18.4 Å². The number of carbonyl (C=O) groups is 2. The van der Waals surface area contributed by atoms with Crippen LogP contribution in [0.2, 0.25) is 0 Å². The lowest BCUT2D eigenvalue weighted by Crippen LogP contribution is -2.39. The highest BCUT2D eigenvalue weighted by molar-refractivity contribution is 6.01. The summed E-state index contributed by atoms with van der Waals surface area (Å²) in [5.41, 5.74) is 1.57. The van der Waals surface area contributed by atoms with Gasteiger partial charge in [-0.1, -0.05) is 18.2 Å². The molecule has 1 aliphatic heterocycles. The maximum Gasteiger partial charge on any atom is 0.228 e. The molecule has 3 rings (SSSR count). The number of furan rings is 1. The van der Waals surface area contributed by atoms with Crippen molar-refractivity contribution in [1.82, 2.24) is 10.2 Å². The average molecular weight is 327 g/mol. The van der Waals surface area contributed by atoms with Crippen molar-refractivity contribution in [2.24, 2.45) is 0 Å². The van der Waals surface area contributed by atoms with Crippen molar-refractivity contribution in [2.75, 3.05) is 26.0 Å². The van der Waals surface area contributed by atoms with Gasteiger partial charge in [-0.2, -0.15) is 0 Å². The van der Waals surface area contributed by atoms with Gasteiger partial charge in [0.05, 0.1) is 18.2 Å². The Bertz CT molecular complexity index is 725. The molecule has 0 saturated carbocycles. The standard InChI is InChI=1S/C18H21N3O3/c1-21(2)15(16-8-5-9-24-16)11-19-18(23)13-10-17(22)20-14-7-4-3-6-12(13)14/h3-9,13,15H,10-11H2,1-2H3,(H,19,23)(H,20,22). The third kappa shape index (κ3) is 3.33. The van der Waals surface area contributed by atoms with E-state index in [1.807, 2.05) is 55.4 Å². The van der Waals surface area contributed by atoms with Crippen LogP contribution < -0.4 is 10.6 Å². The maximum atomic E-state index is 12.7. The third-order valence-corrected chi connectivity index (χ3v) is 4.28. The van der Waals surface area contributed by atoms with Crippen LogP contribution in [0, 0.1) is 0 Å².